The molecule has 0 atom stereocenters. The highest BCUT2D eigenvalue weighted by atomic mass is 16.5. The standard InChI is InChI=1S/C50H70N6O13/c57-46(36-52-16-18-53(37-47(58)59)20-22-55(39-49(62)63)23-21-54(19-17-52)38-48(60)61)56-26-30-67-34-32-65-28-24-51(25-29-66-33-35-68-31-27-56)15-14-41-8-12-45(13-9-41)69-40-42-6-10-44(11-7-42)50(64)43-4-2-1-3-5-43/h1-13H,14-40H2,(H,58,59)(H,60,61)(H,62,63). The van der Waals surface area contributed by atoms with E-state index in [1.807, 2.05) is 71.6 Å². The van der Waals surface area contributed by atoms with Crippen LogP contribution in [0.4, 0.5) is 0 Å². The third-order valence-corrected chi connectivity index (χ3v) is 11.9. The van der Waals surface area contributed by atoms with E-state index in [4.69, 9.17) is 23.7 Å². The van der Waals surface area contributed by atoms with E-state index < -0.39 is 17.9 Å². The Morgan fingerprint density at radius 1 is 0.435 bits per heavy atom. The number of amides is 1. The monoisotopic (exact) mass is 963 g/mol. The van der Waals surface area contributed by atoms with Crippen molar-refractivity contribution in [3.63, 3.8) is 0 Å². The predicted octanol–water partition coefficient (Wildman–Crippen LogP) is 1.73. The van der Waals surface area contributed by atoms with E-state index in [-0.39, 0.29) is 64.2 Å². The molecule has 5 rings (SSSR count). The molecule has 69 heavy (non-hydrogen) atoms. The number of benzene rings is 3. The fraction of sp³-hybridized carbons (Fsp3) is 0.540. The number of aliphatic carboxylic acids is 3. The molecule has 19 heteroatoms. The number of ketones is 1. The van der Waals surface area contributed by atoms with Crippen molar-refractivity contribution in [2.75, 3.05) is 164 Å². The summed E-state index contributed by atoms with van der Waals surface area (Å²) < 4.78 is 29.7. The Bertz CT molecular complexity index is 1940. The van der Waals surface area contributed by atoms with Gasteiger partial charge in [-0.2, -0.15) is 0 Å². The van der Waals surface area contributed by atoms with Crippen LogP contribution in [0.25, 0.3) is 0 Å². The van der Waals surface area contributed by atoms with Crippen molar-refractivity contribution in [2.45, 2.75) is 13.0 Å². The van der Waals surface area contributed by atoms with Gasteiger partial charge in [-0.25, -0.2) is 0 Å². The highest BCUT2D eigenvalue weighted by Crippen LogP contribution is 2.17. The van der Waals surface area contributed by atoms with Crippen molar-refractivity contribution < 1.29 is 63.0 Å². The van der Waals surface area contributed by atoms with Crippen LogP contribution in [0.3, 0.4) is 0 Å². The zero-order valence-electron chi connectivity index (χ0n) is 39.7. The second kappa shape index (κ2) is 31.0. The number of carboxylic acids is 3. The van der Waals surface area contributed by atoms with Gasteiger partial charge >= 0.3 is 17.9 Å². The number of carboxylic acid groups (broad SMARTS) is 3. The SMILES string of the molecule is O=C(O)CN1CCN(CC(=O)O)CCN(CC(=O)N2CCOCCOCCN(CCc3ccc(OCc4ccc(C(=O)c5ccccc5)cc4)cc3)CCOCCOCC2)CCN(CC(=O)O)CC1. The van der Waals surface area contributed by atoms with Gasteiger partial charge in [0.25, 0.3) is 0 Å². The van der Waals surface area contributed by atoms with Crippen molar-refractivity contribution >= 4 is 29.6 Å². The average Bonchev–Trinajstić information content (AvgIpc) is 3.33. The fourth-order valence-electron chi connectivity index (χ4n) is 7.87. The minimum Gasteiger partial charge on any atom is -0.489 e. The number of hydrogen-bond donors (Lipinski definition) is 3. The van der Waals surface area contributed by atoms with Gasteiger partial charge in [0, 0.05) is 96.2 Å². The van der Waals surface area contributed by atoms with Crippen LogP contribution >= 0.6 is 0 Å². The van der Waals surface area contributed by atoms with Crippen molar-refractivity contribution in [2.24, 2.45) is 0 Å². The number of carbonyl (C=O) groups excluding carboxylic acids is 2. The van der Waals surface area contributed by atoms with E-state index in [1.54, 1.807) is 19.6 Å². The van der Waals surface area contributed by atoms with Crippen LogP contribution in [0.15, 0.2) is 78.9 Å². The Morgan fingerprint density at radius 3 is 1.29 bits per heavy atom. The number of nitrogens with zero attached hydrogens (tertiary/aromatic N) is 6. The van der Waals surface area contributed by atoms with E-state index in [9.17, 15) is 39.3 Å². The van der Waals surface area contributed by atoms with Crippen molar-refractivity contribution in [1.82, 2.24) is 29.4 Å². The summed E-state index contributed by atoms with van der Waals surface area (Å²) >= 11 is 0. The molecular formula is C50H70N6O13. The van der Waals surface area contributed by atoms with Gasteiger partial charge < -0.3 is 43.9 Å². The maximum absolute atomic E-state index is 13.9. The van der Waals surface area contributed by atoms with Gasteiger partial charge in [0.05, 0.1) is 79.0 Å². The van der Waals surface area contributed by atoms with Crippen LogP contribution in [-0.4, -0.2) is 238 Å². The lowest BCUT2D eigenvalue weighted by Crippen LogP contribution is -2.50. The van der Waals surface area contributed by atoms with E-state index >= 15 is 0 Å². The van der Waals surface area contributed by atoms with Crippen molar-refractivity contribution in [3.8, 4) is 5.75 Å². The predicted molar refractivity (Wildman–Crippen MR) is 256 cm³/mol. The van der Waals surface area contributed by atoms with Crippen LogP contribution in [-0.2, 0) is 51.2 Å². The van der Waals surface area contributed by atoms with Crippen LogP contribution in [0.2, 0.25) is 0 Å². The second-order valence-electron chi connectivity index (χ2n) is 17.0. The summed E-state index contributed by atoms with van der Waals surface area (Å²) in [6.07, 6.45) is 0.831. The third kappa shape index (κ3) is 21.9. The molecule has 2 saturated heterocycles. The lowest BCUT2D eigenvalue weighted by molar-refractivity contribution is -0.141. The normalized spacial score (nSPS) is 18.5. The summed E-state index contributed by atoms with van der Waals surface area (Å²) in [6, 6.07) is 24.8. The maximum Gasteiger partial charge on any atom is 0.317 e. The van der Waals surface area contributed by atoms with Gasteiger partial charge in [0.1, 0.15) is 12.4 Å². The summed E-state index contributed by atoms with van der Waals surface area (Å²) in [6.45, 7) is 8.07. The lowest BCUT2D eigenvalue weighted by Gasteiger charge is -2.33. The van der Waals surface area contributed by atoms with E-state index in [0.29, 0.717) is 123 Å². The smallest absolute Gasteiger partial charge is 0.317 e. The quantitative estimate of drug-likeness (QED) is 0.175. The van der Waals surface area contributed by atoms with Gasteiger partial charge in [0.15, 0.2) is 5.78 Å². The Labute approximate surface area is 405 Å². The summed E-state index contributed by atoms with van der Waals surface area (Å²) in [5.74, 6) is -2.46. The molecule has 0 aromatic heterocycles. The molecule has 378 valence electrons. The summed E-state index contributed by atoms with van der Waals surface area (Å²) in [4.78, 5) is 72.6. The molecule has 0 aliphatic carbocycles. The Morgan fingerprint density at radius 2 is 0.841 bits per heavy atom. The molecule has 0 radical (unpaired) electrons. The van der Waals surface area contributed by atoms with Crippen LogP contribution in [0.5, 0.6) is 5.75 Å². The zero-order chi connectivity index (χ0) is 49.1. The summed E-state index contributed by atoms with van der Waals surface area (Å²) in [7, 11) is 0. The van der Waals surface area contributed by atoms with Gasteiger partial charge in [-0.15, -0.1) is 0 Å². The van der Waals surface area contributed by atoms with Gasteiger partial charge in [-0.05, 0) is 29.7 Å². The topological polar surface area (TPSA) is 212 Å². The lowest BCUT2D eigenvalue weighted by atomic mass is 10.0. The molecular weight excluding hydrogens is 893 g/mol. The van der Waals surface area contributed by atoms with E-state index in [1.165, 1.54) is 5.56 Å². The molecule has 2 aliphatic heterocycles. The Hall–Kier alpha value is -5.35. The number of rotatable bonds is 16. The third-order valence-electron chi connectivity index (χ3n) is 11.9. The Balaban J connectivity index is 1.05. The highest BCUT2D eigenvalue weighted by molar-refractivity contribution is 6.08. The molecule has 0 unspecified atom stereocenters. The molecule has 19 nitrogen and oxygen atoms in total. The average molecular weight is 963 g/mol. The number of ether oxygens (including phenoxy) is 5. The van der Waals surface area contributed by atoms with Crippen LogP contribution < -0.4 is 4.74 Å². The largest absolute Gasteiger partial charge is 0.489 e. The maximum atomic E-state index is 13.9. The molecule has 0 saturated carbocycles. The molecule has 0 bridgehead atoms. The molecule has 2 heterocycles. The molecule has 0 spiro atoms. The van der Waals surface area contributed by atoms with Crippen molar-refractivity contribution in [3.05, 3.63) is 101 Å². The van der Waals surface area contributed by atoms with Gasteiger partial charge in [-0.1, -0.05) is 66.7 Å². The first-order chi connectivity index (χ1) is 33.5. The first-order valence-corrected chi connectivity index (χ1v) is 23.8. The fourth-order valence-corrected chi connectivity index (χ4v) is 7.87. The molecule has 3 N–H and O–H groups in total. The molecule has 2 aliphatic rings. The minimum atomic E-state index is -1.02. The number of carbonyl (C=O) groups is 5. The van der Waals surface area contributed by atoms with E-state index in [2.05, 4.69) is 17.0 Å². The summed E-state index contributed by atoms with van der Waals surface area (Å²) in [5.41, 5.74) is 3.45. The first-order valence-electron chi connectivity index (χ1n) is 23.8. The van der Waals surface area contributed by atoms with Crippen LogP contribution in [0.1, 0.15) is 27.0 Å². The van der Waals surface area contributed by atoms with Crippen molar-refractivity contribution in [1.29, 1.82) is 0 Å². The molecule has 3 aromatic carbocycles. The molecule has 2 fully saturated rings. The number of hydrogen-bond acceptors (Lipinski definition) is 15. The molecule has 1 amide bonds. The molecule has 3 aromatic rings. The van der Waals surface area contributed by atoms with Crippen LogP contribution in [0, 0.1) is 0 Å². The first kappa shape index (κ1) is 54.6. The van der Waals surface area contributed by atoms with Gasteiger partial charge in [-0.3, -0.25) is 48.5 Å². The zero-order valence-corrected chi connectivity index (χ0v) is 39.7. The van der Waals surface area contributed by atoms with Gasteiger partial charge in [0.2, 0.25) is 5.91 Å². The summed E-state index contributed by atoms with van der Waals surface area (Å²) in [5, 5.41) is 28.6. The Kier molecular flexibility index (Phi) is 24.5. The second-order valence-corrected chi connectivity index (χ2v) is 17.0. The highest BCUT2D eigenvalue weighted by Gasteiger charge is 2.23. The van der Waals surface area contributed by atoms with E-state index in [0.717, 1.165) is 24.3 Å². The minimum absolute atomic E-state index is 0.00955.